The second kappa shape index (κ2) is 13.4. The smallest absolute Gasteiger partial charge is 0.304 e. The van der Waals surface area contributed by atoms with Gasteiger partial charge in [0.15, 0.2) is 5.17 Å². The average molecular weight is 621 g/mol. The molecule has 2 amide bonds. The van der Waals surface area contributed by atoms with Crippen molar-refractivity contribution >= 4 is 50.7 Å². The molecule has 0 bridgehead atoms. The highest BCUT2D eigenvalue weighted by Gasteiger charge is 2.33. The van der Waals surface area contributed by atoms with Crippen molar-refractivity contribution in [3.63, 3.8) is 0 Å². The van der Waals surface area contributed by atoms with E-state index in [1.54, 1.807) is 30.3 Å². The molecule has 5 rings (SSSR count). The summed E-state index contributed by atoms with van der Waals surface area (Å²) in [7, 11) is -3.79. The molecular weight excluding hydrogens is 588 g/mol. The highest BCUT2D eigenvalue weighted by Crippen LogP contribution is 2.29. The van der Waals surface area contributed by atoms with Gasteiger partial charge in [-0.1, -0.05) is 50.2 Å². The summed E-state index contributed by atoms with van der Waals surface area (Å²) in [6.45, 7) is 4.53. The molecule has 0 saturated carbocycles. The molecule has 2 aliphatic heterocycles. The van der Waals surface area contributed by atoms with Crippen LogP contribution in [0.15, 0.2) is 82.7 Å². The summed E-state index contributed by atoms with van der Waals surface area (Å²) in [4.78, 5) is 29.0. The van der Waals surface area contributed by atoms with Crippen molar-refractivity contribution in [3.8, 4) is 11.5 Å². The summed E-state index contributed by atoms with van der Waals surface area (Å²) < 4.78 is 38.8. The van der Waals surface area contributed by atoms with E-state index in [9.17, 15) is 18.0 Å². The molecule has 0 unspecified atom stereocenters. The summed E-state index contributed by atoms with van der Waals surface area (Å²) in [6, 6.07) is 22.4. The lowest BCUT2D eigenvalue weighted by Gasteiger charge is -2.15. The van der Waals surface area contributed by atoms with E-state index in [2.05, 4.69) is 24.2 Å². The second-order valence-corrected chi connectivity index (χ2v) is 12.7. The summed E-state index contributed by atoms with van der Waals surface area (Å²) in [6.07, 6.45) is 3.97. The molecule has 2 aliphatic rings. The molecule has 0 radical (unpaired) electrons. The predicted molar refractivity (Wildman–Crippen MR) is 167 cm³/mol. The van der Waals surface area contributed by atoms with Gasteiger partial charge in [-0.25, -0.2) is 9.71 Å². The van der Waals surface area contributed by atoms with Crippen molar-refractivity contribution in [3.05, 3.63) is 94.4 Å². The van der Waals surface area contributed by atoms with Crippen LogP contribution in [0.25, 0.3) is 6.08 Å². The van der Waals surface area contributed by atoms with Crippen molar-refractivity contribution in [2.45, 2.75) is 45.9 Å². The first kappa shape index (κ1) is 30.3. The number of amides is 2. The lowest BCUT2D eigenvalue weighted by Crippen LogP contribution is -2.29. The van der Waals surface area contributed by atoms with E-state index in [1.807, 2.05) is 53.3 Å². The zero-order chi connectivity index (χ0) is 30.4. The third-order valence-electron chi connectivity index (χ3n) is 6.80. The Morgan fingerprint density at radius 2 is 1.58 bits per heavy atom. The van der Waals surface area contributed by atoms with Gasteiger partial charge >= 0.3 is 10.2 Å². The van der Waals surface area contributed by atoms with E-state index in [-0.39, 0.29) is 25.1 Å². The van der Waals surface area contributed by atoms with Crippen LogP contribution in [0, 0.1) is 0 Å². The monoisotopic (exact) mass is 620 g/mol. The number of carbonyl (C=O) groups excluding carboxylic acids is 2. The van der Waals surface area contributed by atoms with Crippen molar-refractivity contribution in [1.29, 1.82) is 0 Å². The molecule has 10 nitrogen and oxygen atoms in total. The van der Waals surface area contributed by atoms with E-state index < -0.39 is 16.1 Å². The molecule has 224 valence electrons. The Balaban J connectivity index is 1.14. The second-order valence-electron chi connectivity index (χ2n) is 10.0. The number of thioether (sulfide) groups is 1. The van der Waals surface area contributed by atoms with Crippen LogP contribution in [-0.2, 0) is 33.0 Å². The van der Waals surface area contributed by atoms with Gasteiger partial charge in [0.1, 0.15) is 18.1 Å². The van der Waals surface area contributed by atoms with Crippen molar-refractivity contribution in [2.24, 2.45) is 4.99 Å². The highest BCUT2D eigenvalue weighted by molar-refractivity contribution is 8.18. The van der Waals surface area contributed by atoms with E-state index >= 15 is 0 Å². The minimum atomic E-state index is -3.79. The fourth-order valence-electron chi connectivity index (χ4n) is 4.39. The Bertz CT molecular complexity index is 1630. The van der Waals surface area contributed by atoms with Gasteiger partial charge < -0.3 is 14.8 Å². The predicted octanol–water partition coefficient (Wildman–Crippen LogP) is 4.90. The fourth-order valence-corrected chi connectivity index (χ4v) is 6.32. The van der Waals surface area contributed by atoms with Crippen molar-refractivity contribution in [1.82, 2.24) is 14.3 Å². The maximum absolute atomic E-state index is 12.5. The van der Waals surface area contributed by atoms with Gasteiger partial charge in [-0.2, -0.15) is 12.7 Å². The normalized spacial score (nSPS) is 18.3. The first-order valence-electron chi connectivity index (χ1n) is 13.9. The molecule has 0 atom stereocenters. The largest absolute Gasteiger partial charge is 0.490 e. The summed E-state index contributed by atoms with van der Waals surface area (Å²) in [5.41, 5.74) is 3.20. The number of benzene rings is 3. The highest BCUT2D eigenvalue weighted by atomic mass is 32.2. The summed E-state index contributed by atoms with van der Waals surface area (Å²) >= 11 is 1.23. The van der Waals surface area contributed by atoms with E-state index in [0.717, 1.165) is 39.8 Å². The molecule has 0 spiro atoms. The molecule has 3 aromatic carbocycles. The van der Waals surface area contributed by atoms with E-state index in [1.165, 1.54) is 11.8 Å². The molecule has 2 heterocycles. The van der Waals surface area contributed by atoms with E-state index in [4.69, 9.17) is 9.47 Å². The van der Waals surface area contributed by atoms with Gasteiger partial charge in [-0.05, 0) is 83.8 Å². The number of nitrogens with one attached hydrogen (secondary N) is 2. The molecule has 0 aliphatic carbocycles. The lowest BCUT2D eigenvalue weighted by molar-refractivity contribution is -0.118. The van der Waals surface area contributed by atoms with Crippen LogP contribution in [0.1, 0.15) is 43.4 Å². The minimum absolute atomic E-state index is 0.0707. The summed E-state index contributed by atoms with van der Waals surface area (Å²) in [5.74, 6) is 0.790. The third-order valence-corrected chi connectivity index (χ3v) is 9.13. The van der Waals surface area contributed by atoms with Gasteiger partial charge in [-0.3, -0.25) is 9.59 Å². The molecule has 2 N–H and O–H groups in total. The van der Waals surface area contributed by atoms with Gasteiger partial charge in [0, 0.05) is 6.54 Å². The lowest BCUT2D eigenvalue weighted by atomic mass is 10.2. The van der Waals surface area contributed by atoms with Gasteiger partial charge in [0.2, 0.25) is 5.91 Å². The number of carbonyl (C=O) groups is 2. The minimum Gasteiger partial charge on any atom is -0.490 e. The maximum Gasteiger partial charge on any atom is 0.304 e. The maximum atomic E-state index is 12.5. The van der Waals surface area contributed by atoms with Crippen LogP contribution in [-0.4, -0.2) is 42.4 Å². The van der Waals surface area contributed by atoms with Gasteiger partial charge in [0.05, 0.1) is 23.2 Å². The zero-order valence-electron chi connectivity index (χ0n) is 23.8. The topological polar surface area (TPSA) is 126 Å². The van der Waals surface area contributed by atoms with E-state index in [0.29, 0.717) is 27.9 Å². The standard InChI is InChI=1S/C31H32N4O6S2/c1-3-25(4-2)41-27-15-9-23(10-16-27)20-40-26-13-7-21(8-14-26)17-28-30(37)33-31(42-28)32-24-11-5-22(6-12-24)18-35-19-29(36)34-43(35,38)39/h5-17,25H,3-4,18-20H2,1-2H3,(H,34,36)(H,32,33,37)/b28-17+. The fraction of sp³-hybridized carbons (Fsp3) is 0.258. The SMILES string of the molecule is CCC(CC)Oc1ccc(COc2ccc(/C=C3/SC(=Nc4ccc(CN5CC(=O)NS5(=O)=O)cc4)NC3=O)cc2)cc1. The number of hydrogen-bond acceptors (Lipinski definition) is 8. The molecule has 2 saturated heterocycles. The van der Waals surface area contributed by atoms with Crippen LogP contribution < -0.4 is 19.5 Å². The molecule has 43 heavy (non-hydrogen) atoms. The zero-order valence-corrected chi connectivity index (χ0v) is 25.4. The number of ether oxygens (including phenoxy) is 2. The summed E-state index contributed by atoms with van der Waals surface area (Å²) in [5, 5.41) is 3.21. The molecule has 2 fully saturated rings. The number of aliphatic imine (C=N–C) groups is 1. The van der Waals surface area contributed by atoms with Gasteiger partial charge in [0.25, 0.3) is 5.91 Å². The number of hydrogen-bond donors (Lipinski definition) is 2. The molecular formula is C31H32N4O6S2. The van der Waals surface area contributed by atoms with Crippen LogP contribution in [0.3, 0.4) is 0 Å². The third kappa shape index (κ3) is 8.04. The van der Waals surface area contributed by atoms with Crippen molar-refractivity contribution in [2.75, 3.05) is 6.54 Å². The van der Waals surface area contributed by atoms with Crippen LogP contribution >= 0.6 is 11.8 Å². The first-order valence-corrected chi connectivity index (χ1v) is 16.1. The molecule has 0 aromatic heterocycles. The number of rotatable bonds is 11. The Morgan fingerprint density at radius 3 is 2.21 bits per heavy atom. The van der Waals surface area contributed by atoms with Crippen LogP contribution in [0.5, 0.6) is 11.5 Å². The molecule has 3 aromatic rings. The van der Waals surface area contributed by atoms with Crippen LogP contribution in [0.4, 0.5) is 5.69 Å². The first-order chi connectivity index (χ1) is 20.7. The Morgan fingerprint density at radius 1 is 0.930 bits per heavy atom. The Kier molecular flexibility index (Phi) is 9.49. The Labute approximate surface area is 255 Å². The van der Waals surface area contributed by atoms with Gasteiger partial charge in [-0.15, -0.1) is 0 Å². The van der Waals surface area contributed by atoms with Crippen molar-refractivity contribution < 1.29 is 27.5 Å². The number of nitrogens with zero attached hydrogens (tertiary/aromatic N) is 2. The average Bonchev–Trinajstić information content (AvgIpc) is 3.47. The Hall–Kier alpha value is -4.13. The molecule has 12 heteroatoms. The van der Waals surface area contributed by atoms with Crippen LogP contribution in [0.2, 0.25) is 0 Å². The number of amidine groups is 1. The quantitative estimate of drug-likeness (QED) is 0.292.